The van der Waals surface area contributed by atoms with Crippen molar-refractivity contribution in [2.75, 3.05) is 26.4 Å². The quantitative estimate of drug-likeness (QED) is 0.236. The standard InChI is InChI=1S/C18H25NO6/c1-12(2)15(20)23-7-6-19-17(22)25-9-8-24-16(21)18(3)11-13-4-5-14(18)10-13/h4-5,13-14H,1,6-11H2,2-3H3,(H,19,22). The molecule has 0 radical (unpaired) electrons. The molecule has 1 fully saturated rings. The molecule has 0 aromatic rings. The lowest BCUT2D eigenvalue weighted by Gasteiger charge is -2.28. The van der Waals surface area contributed by atoms with Crippen LogP contribution in [-0.2, 0) is 23.8 Å². The molecule has 0 heterocycles. The number of hydrogen-bond acceptors (Lipinski definition) is 6. The van der Waals surface area contributed by atoms with Crippen LogP contribution in [0, 0.1) is 17.3 Å². The second-order valence-electron chi connectivity index (χ2n) is 6.72. The summed E-state index contributed by atoms with van der Waals surface area (Å²) in [7, 11) is 0. The lowest BCUT2D eigenvalue weighted by molar-refractivity contribution is -0.157. The predicted octanol–water partition coefficient (Wildman–Crippen LogP) is 1.98. The molecule has 0 aliphatic heterocycles. The van der Waals surface area contributed by atoms with Crippen molar-refractivity contribution >= 4 is 18.0 Å². The molecule has 7 nitrogen and oxygen atoms in total. The number of esters is 2. The van der Waals surface area contributed by atoms with E-state index in [1.165, 1.54) is 0 Å². The first-order valence-corrected chi connectivity index (χ1v) is 8.41. The molecular formula is C18H25NO6. The van der Waals surface area contributed by atoms with E-state index >= 15 is 0 Å². The highest BCUT2D eigenvalue weighted by molar-refractivity contribution is 5.86. The summed E-state index contributed by atoms with van der Waals surface area (Å²) in [6, 6.07) is 0. The lowest BCUT2D eigenvalue weighted by atomic mass is 9.78. The van der Waals surface area contributed by atoms with Crippen molar-refractivity contribution in [2.45, 2.75) is 26.7 Å². The Labute approximate surface area is 147 Å². The van der Waals surface area contributed by atoms with Gasteiger partial charge < -0.3 is 19.5 Å². The molecule has 2 aliphatic rings. The van der Waals surface area contributed by atoms with Crippen LogP contribution in [0.5, 0.6) is 0 Å². The van der Waals surface area contributed by atoms with Gasteiger partial charge in [-0.1, -0.05) is 18.7 Å². The van der Waals surface area contributed by atoms with E-state index in [2.05, 4.69) is 24.0 Å². The minimum absolute atomic E-state index is 0.0214. The second kappa shape index (κ2) is 8.18. The molecule has 0 aromatic carbocycles. The first-order valence-electron chi connectivity index (χ1n) is 8.41. The van der Waals surface area contributed by atoms with Crippen LogP contribution in [0.3, 0.4) is 0 Å². The molecule has 138 valence electrons. The minimum Gasteiger partial charge on any atom is -0.462 e. The molecule has 0 spiro atoms. The second-order valence-corrected chi connectivity index (χ2v) is 6.72. The van der Waals surface area contributed by atoms with Gasteiger partial charge in [0.2, 0.25) is 0 Å². The smallest absolute Gasteiger partial charge is 0.407 e. The molecule has 2 rings (SSSR count). The van der Waals surface area contributed by atoms with E-state index in [0.717, 1.165) is 12.8 Å². The van der Waals surface area contributed by atoms with Crippen LogP contribution < -0.4 is 5.32 Å². The van der Waals surface area contributed by atoms with Gasteiger partial charge in [0.25, 0.3) is 0 Å². The van der Waals surface area contributed by atoms with E-state index in [-0.39, 0.29) is 38.3 Å². The molecule has 1 N–H and O–H groups in total. The Hall–Kier alpha value is -2.31. The third-order valence-corrected chi connectivity index (χ3v) is 4.65. The molecule has 2 aliphatic carbocycles. The van der Waals surface area contributed by atoms with E-state index in [9.17, 15) is 14.4 Å². The third kappa shape index (κ3) is 4.84. The van der Waals surface area contributed by atoms with Crippen LogP contribution in [0.2, 0.25) is 0 Å². The molecule has 0 aromatic heterocycles. The molecule has 25 heavy (non-hydrogen) atoms. The van der Waals surface area contributed by atoms with E-state index < -0.39 is 17.5 Å². The van der Waals surface area contributed by atoms with E-state index in [4.69, 9.17) is 14.2 Å². The van der Waals surface area contributed by atoms with Gasteiger partial charge in [0, 0.05) is 5.57 Å². The van der Waals surface area contributed by atoms with Crippen LogP contribution in [0.1, 0.15) is 26.7 Å². The Morgan fingerprint density at radius 3 is 2.48 bits per heavy atom. The van der Waals surface area contributed by atoms with Crippen molar-refractivity contribution in [3.63, 3.8) is 0 Å². The van der Waals surface area contributed by atoms with E-state index in [1.807, 2.05) is 6.92 Å². The largest absolute Gasteiger partial charge is 0.462 e. The van der Waals surface area contributed by atoms with Crippen molar-refractivity contribution < 1.29 is 28.6 Å². The number of hydrogen-bond donors (Lipinski definition) is 1. The fourth-order valence-corrected chi connectivity index (χ4v) is 3.23. The fraction of sp³-hybridized carbons (Fsp3) is 0.611. The Kier molecular flexibility index (Phi) is 6.22. The Bertz CT molecular complexity index is 584. The summed E-state index contributed by atoms with van der Waals surface area (Å²) in [4.78, 5) is 34.8. The number of allylic oxidation sites excluding steroid dienone is 2. The molecule has 2 bridgehead atoms. The number of rotatable bonds is 8. The van der Waals surface area contributed by atoms with Crippen LogP contribution in [0.4, 0.5) is 4.79 Å². The molecule has 1 amide bonds. The Morgan fingerprint density at radius 1 is 1.16 bits per heavy atom. The van der Waals surface area contributed by atoms with Gasteiger partial charge in [-0.05, 0) is 38.5 Å². The van der Waals surface area contributed by atoms with Gasteiger partial charge in [-0.15, -0.1) is 0 Å². The fourth-order valence-electron chi connectivity index (χ4n) is 3.23. The zero-order valence-electron chi connectivity index (χ0n) is 14.7. The minimum atomic E-state index is -0.656. The summed E-state index contributed by atoms with van der Waals surface area (Å²) >= 11 is 0. The predicted molar refractivity (Wildman–Crippen MR) is 89.5 cm³/mol. The van der Waals surface area contributed by atoms with Crippen LogP contribution in [0.25, 0.3) is 0 Å². The van der Waals surface area contributed by atoms with Crippen LogP contribution >= 0.6 is 0 Å². The van der Waals surface area contributed by atoms with Crippen molar-refractivity contribution in [1.82, 2.24) is 5.32 Å². The van der Waals surface area contributed by atoms with Gasteiger partial charge in [-0.25, -0.2) is 9.59 Å². The summed E-state index contributed by atoms with van der Waals surface area (Å²) in [5.41, 5.74) is -0.168. The first-order chi connectivity index (χ1) is 11.8. The molecule has 3 atom stereocenters. The van der Waals surface area contributed by atoms with Crippen molar-refractivity contribution in [3.05, 3.63) is 24.3 Å². The molecular weight excluding hydrogens is 326 g/mol. The summed E-state index contributed by atoms with van der Waals surface area (Å²) in [5, 5.41) is 2.43. The maximum Gasteiger partial charge on any atom is 0.407 e. The number of carbonyl (C=O) groups is 3. The van der Waals surface area contributed by atoms with Crippen molar-refractivity contribution in [1.29, 1.82) is 0 Å². The average Bonchev–Trinajstić information content (AvgIpc) is 3.16. The number of nitrogens with one attached hydrogen (secondary N) is 1. The van der Waals surface area contributed by atoms with Gasteiger partial charge >= 0.3 is 18.0 Å². The average molecular weight is 351 g/mol. The van der Waals surface area contributed by atoms with Crippen molar-refractivity contribution in [3.8, 4) is 0 Å². The van der Waals surface area contributed by atoms with E-state index in [0.29, 0.717) is 11.5 Å². The molecule has 1 saturated carbocycles. The van der Waals surface area contributed by atoms with Gasteiger partial charge in [0.15, 0.2) is 0 Å². The number of ether oxygens (including phenoxy) is 3. The van der Waals surface area contributed by atoms with Crippen molar-refractivity contribution in [2.24, 2.45) is 17.3 Å². The Morgan fingerprint density at radius 2 is 1.88 bits per heavy atom. The monoisotopic (exact) mass is 351 g/mol. The van der Waals surface area contributed by atoms with E-state index in [1.54, 1.807) is 6.92 Å². The highest BCUT2D eigenvalue weighted by Crippen LogP contribution is 2.52. The molecule has 0 saturated heterocycles. The maximum absolute atomic E-state index is 12.3. The maximum atomic E-state index is 12.3. The number of fused-ring (bicyclic) bond motifs is 2. The topological polar surface area (TPSA) is 90.9 Å². The number of carbonyl (C=O) groups excluding carboxylic acids is 3. The van der Waals surface area contributed by atoms with Gasteiger partial charge in [-0.3, -0.25) is 4.79 Å². The molecule has 3 unspecified atom stereocenters. The van der Waals surface area contributed by atoms with Gasteiger partial charge in [0.1, 0.15) is 19.8 Å². The lowest BCUT2D eigenvalue weighted by Crippen LogP contribution is -2.35. The zero-order valence-corrected chi connectivity index (χ0v) is 14.7. The summed E-state index contributed by atoms with van der Waals surface area (Å²) in [6.07, 6.45) is 5.44. The zero-order chi connectivity index (χ0) is 18.4. The highest BCUT2D eigenvalue weighted by atomic mass is 16.6. The van der Waals surface area contributed by atoms with Crippen LogP contribution in [-0.4, -0.2) is 44.4 Å². The highest BCUT2D eigenvalue weighted by Gasteiger charge is 2.50. The summed E-state index contributed by atoms with van der Waals surface area (Å²) in [6.45, 7) is 7.08. The third-order valence-electron chi connectivity index (χ3n) is 4.65. The number of alkyl carbamates (subject to hydrolysis) is 1. The molecule has 7 heteroatoms. The SMILES string of the molecule is C=C(C)C(=O)OCCNC(=O)OCCOC(=O)C1(C)CC2C=CC1C2. The van der Waals surface area contributed by atoms with Gasteiger partial charge in [-0.2, -0.15) is 0 Å². The first kappa shape index (κ1) is 19.0. The van der Waals surface area contributed by atoms with Gasteiger partial charge in [0.05, 0.1) is 12.0 Å². The number of amides is 1. The Balaban J connectivity index is 1.55. The summed E-state index contributed by atoms with van der Waals surface area (Å²) < 4.78 is 15.0. The summed E-state index contributed by atoms with van der Waals surface area (Å²) in [5.74, 6) is -0.0224. The normalized spacial score (nSPS) is 26.2. The van der Waals surface area contributed by atoms with Crippen LogP contribution in [0.15, 0.2) is 24.3 Å².